The van der Waals surface area contributed by atoms with E-state index in [0.29, 0.717) is 31.4 Å². The number of hydrogen-bond donors (Lipinski definition) is 4. The van der Waals surface area contributed by atoms with Crippen LogP contribution in [0.15, 0.2) is 35.3 Å². The number of Topliss-reactive ketones (excluding diaryl/α,β-unsaturated/α-hetero) is 1. The summed E-state index contributed by atoms with van der Waals surface area (Å²) in [5, 5.41) is 5.46. The number of carbonyl (C=O) groups is 3. The van der Waals surface area contributed by atoms with E-state index in [1.54, 1.807) is 24.3 Å². The molecule has 0 spiro atoms. The van der Waals surface area contributed by atoms with Gasteiger partial charge in [0.25, 0.3) is 0 Å². The van der Waals surface area contributed by atoms with E-state index in [0.717, 1.165) is 0 Å². The van der Waals surface area contributed by atoms with E-state index in [4.69, 9.17) is 11.5 Å². The van der Waals surface area contributed by atoms with Crippen molar-refractivity contribution in [1.29, 1.82) is 0 Å². The quantitative estimate of drug-likeness (QED) is 0.193. The number of amides is 2. The molecule has 0 heterocycles. The Morgan fingerprint density at radius 1 is 1.04 bits per heavy atom. The maximum Gasteiger partial charge on any atom is 0.243 e. The number of hydrogen-bond acceptors (Lipinski definition) is 4. The summed E-state index contributed by atoms with van der Waals surface area (Å²) in [4.78, 5) is 41.0. The molecular formula is C20H31N5O3. The van der Waals surface area contributed by atoms with Crippen LogP contribution in [-0.2, 0) is 9.59 Å². The van der Waals surface area contributed by atoms with E-state index in [-0.39, 0.29) is 29.5 Å². The summed E-state index contributed by atoms with van der Waals surface area (Å²) in [6.07, 6.45) is 1.38. The first-order valence-corrected chi connectivity index (χ1v) is 9.42. The van der Waals surface area contributed by atoms with Crippen molar-refractivity contribution in [3.8, 4) is 0 Å². The van der Waals surface area contributed by atoms with Crippen LogP contribution >= 0.6 is 0 Å². The summed E-state index contributed by atoms with van der Waals surface area (Å²) < 4.78 is 0. The lowest BCUT2D eigenvalue weighted by Gasteiger charge is -2.23. The fraction of sp³-hybridized carbons (Fsp3) is 0.500. The van der Waals surface area contributed by atoms with E-state index in [2.05, 4.69) is 15.6 Å². The standard InChI is InChI=1S/C20H31N5O3/c1-13(2)12-17(24-14(3)26)19(28)25-16(10-7-11-23-20(21)22)18(27)15-8-5-4-6-9-15/h4-6,8-9,13,16-17H,7,10-12H2,1-3H3,(H,24,26)(H,25,28)(H4,21,22,23)/t16-,17-/m0/s1. The van der Waals surface area contributed by atoms with Crippen molar-refractivity contribution < 1.29 is 14.4 Å². The minimum atomic E-state index is -0.729. The maximum atomic E-state index is 12.9. The van der Waals surface area contributed by atoms with E-state index in [9.17, 15) is 14.4 Å². The molecule has 2 amide bonds. The molecule has 2 atom stereocenters. The van der Waals surface area contributed by atoms with Gasteiger partial charge in [-0.3, -0.25) is 19.4 Å². The monoisotopic (exact) mass is 389 g/mol. The van der Waals surface area contributed by atoms with Gasteiger partial charge in [-0.1, -0.05) is 44.2 Å². The summed E-state index contributed by atoms with van der Waals surface area (Å²) in [5.74, 6) is -0.672. The lowest BCUT2D eigenvalue weighted by molar-refractivity contribution is -0.128. The summed E-state index contributed by atoms with van der Waals surface area (Å²) in [6.45, 7) is 5.65. The molecule has 1 aromatic carbocycles. The van der Waals surface area contributed by atoms with Gasteiger partial charge < -0.3 is 22.1 Å². The van der Waals surface area contributed by atoms with Gasteiger partial charge in [0.05, 0.1) is 6.04 Å². The van der Waals surface area contributed by atoms with Gasteiger partial charge in [0, 0.05) is 19.0 Å². The highest BCUT2D eigenvalue weighted by Gasteiger charge is 2.27. The average Bonchev–Trinajstić information content (AvgIpc) is 2.62. The normalized spacial score (nSPS) is 12.7. The van der Waals surface area contributed by atoms with Crippen molar-refractivity contribution in [2.75, 3.05) is 6.54 Å². The molecule has 6 N–H and O–H groups in total. The number of aliphatic imine (C=N–C) groups is 1. The Balaban J connectivity index is 2.92. The molecule has 0 aliphatic heterocycles. The van der Waals surface area contributed by atoms with Crippen molar-refractivity contribution in [1.82, 2.24) is 10.6 Å². The fourth-order valence-corrected chi connectivity index (χ4v) is 2.80. The van der Waals surface area contributed by atoms with Gasteiger partial charge in [-0.25, -0.2) is 0 Å². The molecule has 0 saturated carbocycles. The molecule has 8 heteroatoms. The Morgan fingerprint density at radius 2 is 1.68 bits per heavy atom. The Bertz CT molecular complexity index is 684. The SMILES string of the molecule is CC(=O)N[C@@H](CC(C)C)C(=O)N[C@@H](CCCN=C(N)N)C(=O)c1ccccc1. The van der Waals surface area contributed by atoms with Crippen LogP contribution in [0.3, 0.4) is 0 Å². The number of benzene rings is 1. The largest absolute Gasteiger partial charge is 0.370 e. The second kappa shape index (κ2) is 11.7. The van der Waals surface area contributed by atoms with Crippen LogP contribution < -0.4 is 22.1 Å². The molecule has 28 heavy (non-hydrogen) atoms. The van der Waals surface area contributed by atoms with Crippen LogP contribution in [0.4, 0.5) is 0 Å². The van der Waals surface area contributed by atoms with Gasteiger partial charge in [0.15, 0.2) is 11.7 Å². The van der Waals surface area contributed by atoms with Gasteiger partial charge in [-0.05, 0) is 25.2 Å². The van der Waals surface area contributed by atoms with Gasteiger partial charge in [-0.15, -0.1) is 0 Å². The number of guanidine groups is 1. The molecule has 0 unspecified atom stereocenters. The molecule has 0 bridgehead atoms. The zero-order chi connectivity index (χ0) is 21.1. The molecule has 0 saturated heterocycles. The predicted octanol–water partition coefficient (Wildman–Crippen LogP) is 0.959. The van der Waals surface area contributed by atoms with Crippen molar-refractivity contribution in [2.45, 2.75) is 52.1 Å². The van der Waals surface area contributed by atoms with Crippen LogP contribution in [-0.4, -0.2) is 42.2 Å². The Hall–Kier alpha value is -2.90. The minimum Gasteiger partial charge on any atom is -0.370 e. The number of nitrogens with zero attached hydrogens (tertiary/aromatic N) is 1. The predicted molar refractivity (Wildman–Crippen MR) is 110 cm³/mol. The van der Waals surface area contributed by atoms with Crippen LogP contribution in [0.5, 0.6) is 0 Å². The van der Waals surface area contributed by atoms with Crippen molar-refractivity contribution in [3.05, 3.63) is 35.9 Å². The van der Waals surface area contributed by atoms with Gasteiger partial charge in [-0.2, -0.15) is 0 Å². The molecule has 1 rings (SSSR count). The highest BCUT2D eigenvalue weighted by Crippen LogP contribution is 2.11. The summed E-state index contributed by atoms with van der Waals surface area (Å²) in [7, 11) is 0. The number of rotatable bonds is 11. The van der Waals surface area contributed by atoms with Crippen molar-refractivity contribution in [2.24, 2.45) is 22.4 Å². The van der Waals surface area contributed by atoms with E-state index in [1.165, 1.54) is 6.92 Å². The van der Waals surface area contributed by atoms with E-state index in [1.807, 2.05) is 19.9 Å². The second-order valence-corrected chi connectivity index (χ2v) is 7.12. The topological polar surface area (TPSA) is 140 Å². The van der Waals surface area contributed by atoms with Crippen LogP contribution in [0.1, 0.15) is 50.4 Å². The van der Waals surface area contributed by atoms with E-state index < -0.39 is 12.1 Å². The summed E-state index contributed by atoms with van der Waals surface area (Å²) in [5.41, 5.74) is 11.2. The third-order valence-corrected chi connectivity index (χ3v) is 4.04. The molecule has 154 valence electrons. The molecular weight excluding hydrogens is 358 g/mol. The third-order valence-electron chi connectivity index (χ3n) is 4.04. The van der Waals surface area contributed by atoms with Crippen molar-refractivity contribution in [3.63, 3.8) is 0 Å². The minimum absolute atomic E-state index is 0.0161. The molecule has 0 aliphatic carbocycles. The van der Waals surface area contributed by atoms with Crippen LogP contribution in [0.25, 0.3) is 0 Å². The first-order valence-electron chi connectivity index (χ1n) is 9.42. The number of nitrogens with two attached hydrogens (primary N) is 2. The summed E-state index contributed by atoms with van der Waals surface area (Å²) >= 11 is 0. The van der Waals surface area contributed by atoms with Crippen molar-refractivity contribution >= 4 is 23.6 Å². The zero-order valence-electron chi connectivity index (χ0n) is 16.8. The number of ketones is 1. The molecule has 1 aromatic rings. The molecule has 8 nitrogen and oxygen atoms in total. The Labute approximate surface area is 166 Å². The third kappa shape index (κ3) is 8.66. The highest BCUT2D eigenvalue weighted by molar-refractivity contribution is 6.02. The number of carbonyl (C=O) groups excluding carboxylic acids is 3. The Morgan fingerprint density at radius 3 is 2.21 bits per heavy atom. The highest BCUT2D eigenvalue weighted by atomic mass is 16.2. The van der Waals surface area contributed by atoms with Gasteiger partial charge in [0.2, 0.25) is 11.8 Å². The number of nitrogens with one attached hydrogen (secondary N) is 2. The first kappa shape index (κ1) is 23.1. The lowest BCUT2D eigenvalue weighted by Crippen LogP contribution is -2.51. The van der Waals surface area contributed by atoms with Crippen LogP contribution in [0.2, 0.25) is 0 Å². The van der Waals surface area contributed by atoms with Crippen LogP contribution in [0, 0.1) is 5.92 Å². The first-order chi connectivity index (χ1) is 13.2. The fourth-order valence-electron chi connectivity index (χ4n) is 2.80. The molecule has 0 aliphatic rings. The Kier molecular flexibility index (Phi) is 9.70. The summed E-state index contributed by atoms with van der Waals surface area (Å²) in [6, 6.07) is 7.34. The smallest absolute Gasteiger partial charge is 0.243 e. The lowest BCUT2D eigenvalue weighted by atomic mass is 9.98. The average molecular weight is 390 g/mol. The molecule has 0 fully saturated rings. The zero-order valence-corrected chi connectivity index (χ0v) is 16.8. The molecule has 0 radical (unpaired) electrons. The second-order valence-electron chi connectivity index (χ2n) is 7.12. The molecule has 0 aromatic heterocycles. The van der Waals surface area contributed by atoms with Gasteiger partial charge >= 0.3 is 0 Å². The van der Waals surface area contributed by atoms with E-state index >= 15 is 0 Å². The van der Waals surface area contributed by atoms with Gasteiger partial charge in [0.1, 0.15) is 6.04 Å². The maximum absolute atomic E-state index is 12.9.